The van der Waals surface area contributed by atoms with E-state index >= 15 is 0 Å². The van der Waals surface area contributed by atoms with Gasteiger partial charge in [-0.1, -0.05) is 6.92 Å². The Hall–Kier alpha value is -1.73. The molecule has 0 radical (unpaired) electrons. The minimum atomic E-state index is 0.0326. The van der Waals surface area contributed by atoms with Crippen LogP contribution < -0.4 is 5.32 Å². The number of morpholine rings is 1. The number of piperidine rings is 1. The smallest absolute Gasteiger partial charge is 0.272 e. The van der Waals surface area contributed by atoms with E-state index in [1.807, 2.05) is 4.90 Å². The molecule has 1 atom stereocenters. The number of carbonyl (C=O) groups excluding carboxylic acids is 1. The average Bonchev–Trinajstić information content (AvgIpc) is 2.68. The third kappa shape index (κ3) is 4.89. The van der Waals surface area contributed by atoms with Crippen LogP contribution in [-0.4, -0.2) is 77.7 Å². The lowest BCUT2D eigenvalue weighted by molar-refractivity contribution is 0.0398. The second-order valence-electron chi connectivity index (χ2n) is 6.73. The third-order valence-electron chi connectivity index (χ3n) is 5.08. The molecule has 1 unspecified atom stereocenters. The topological polar surface area (TPSA) is 70.6 Å². The number of ether oxygens (including phenoxy) is 1. The minimum Gasteiger partial charge on any atom is -0.379 e. The van der Waals surface area contributed by atoms with Crippen LogP contribution in [0.5, 0.6) is 0 Å². The predicted octanol–water partition coefficient (Wildman–Crippen LogP) is 1.63. The first-order valence-electron chi connectivity index (χ1n) is 9.45. The van der Waals surface area contributed by atoms with Gasteiger partial charge in [-0.3, -0.25) is 9.69 Å². The lowest BCUT2D eigenvalue weighted by atomic mass is 9.99. The highest BCUT2D eigenvalue weighted by Gasteiger charge is 2.27. The zero-order valence-corrected chi connectivity index (χ0v) is 15.1. The molecule has 1 N–H and O–H groups in total. The van der Waals surface area contributed by atoms with Gasteiger partial charge in [-0.15, -0.1) is 0 Å². The lowest BCUT2D eigenvalue weighted by Crippen LogP contribution is -2.43. The van der Waals surface area contributed by atoms with Gasteiger partial charge in [-0.05, 0) is 25.7 Å². The van der Waals surface area contributed by atoms with Crippen molar-refractivity contribution in [3.63, 3.8) is 0 Å². The number of amides is 1. The van der Waals surface area contributed by atoms with Gasteiger partial charge in [-0.25, -0.2) is 9.97 Å². The van der Waals surface area contributed by atoms with Crippen LogP contribution in [-0.2, 0) is 4.74 Å². The Morgan fingerprint density at radius 2 is 2.12 bits per heavy atom. The van der Waals surface area contributed by atoms with E-state index in [4.69, 9.17) is 4.74 Å². The van der Waals surface area contributed by atoms with Crippen molar-refractivity contribution in [1.82, 2.24) is 19.8 Å². The van der Waals surface area contributed by atoms with Gasteiger partial charge in [0.1, 0.15) is 17.8 Å². The Bertz CT molecular complexity index is 562. The molecular formula is C18H29N5O2. The molecule has 3 heterocycles. The van der Waals surface area contributed by atoms with Crippen molar-refractivity contribution in [1.29, 1.82) is 0 Å². The highest BCUT2D eigenvalue weighted by Crippen LogP contribution is 2.21. The second-order valence-corrected chi connectivity index (χ2v) is 6.73. The molecule has 2 aliphatic heterocycles. The number of aromatic nitrogens is 2. The molecule has 2 saturated heterocycles. The quantitative estimate of drug-likeness (QED) is 0.843. The summed E-state index contributed by atoms with van der Waals surface area (Å²) < 4.78 is 5.36. The fourth-order valence-corrected chi connectivity index (χ4v) is 3.58. The highest BCUT2D eigenvalue weighted by atomic mass is 16.5. The summed E-state index contributed by atoms with van der Waals surface area (Å²) in [4.78, 5) is 25.6. The van der Waals surface area contributed by atoms with Crippen LogP contribution in [0, 0.1) is 0 Å². The van der Waals surface area contributed by atoms with Crippen molar-refractivity contribution in [2.24, 2.45) is 0 Å². The molecule has 0 bridgehead atoms. The molecule has 25 heavy (non-hydrogen) atoms. The van der Waals surface area contributed by atoms with E-state index in [0.29, 0.717) is 11.7 Å². The van der Waals surface area contributed by atoms with E-state index in [0.717, 1.165) is 71.0 Å². The fraction of sp³-hybridized carbons (Fsp3) is 0.722. The first-order chi connectivity index (χ1) is 12.3. The summed E-state index contributed by atoms with van der Waals surface area (Å²) in [6, 6.07) is 2.12. The molecule has 2 aliphatic rings. The molecular weight excluding hydrogens is 318 g/mol. The number of rotatable bonds is 6. The molecule has 2 fully saturated rings. The zero-order chi connectivity index (χ0) is 17.5. The number of likely N-dealkylation sites (tertiary alicyclic amines) is 1. The van der Waals surface area contributed by atoms with Crippen LogP contribution in [0.1, 0.15) is 43.1 Å². The van der Waals surface area contributed by atoms with E-state index in [2.05, 4.69) is 27.1 Å². The van der Waals surface area contributed by atoms with Crippen molar-refractivity contribution >= 4 is 11.7 Å². The second kappa shape index (κ2) is 9.10. The maximum Gasteiger partial charge on any atom is 0.272 e. The maximum atomic E-state index is 12.8. The van der Waals surface area contributed by atoms with Gasteiger partial charge in [0.15, 0.2) is 0 Å². The largest absolute Gasteiger partial charge is 0.379 e. The van der Waals surface area contributed by atoms with Crippen LogP contribution in [0.2, 0.25) is 0 Å². The summed E-state index contributed by atoms with van der Waals surface area (Å²) in [5.74, 6) is 0.752. The number of nitrogens with one attached hydrogen (secondary N) is 1. The zero-order valence-electron chi connectivity index (χ0n) is 15.1. The van der Waals surface area contributed by atoms with Gasteiger partial charge >= 0.3 is 0 Å². The number of hydrogen-bond acceptors (Lipinski definition) is 6. The SMILES string of the molecule is CCC1CCCCN1C(=O)c1cc(NCCN2CCOCC2)ncn1. The predicted molar refractivity (Wildman–Crippen MR) is 96.7 cm³/mol. The van der Waals surface area contributed by atoms with Gasteiger partial charge in [-0.2, -0.15) is 0 Å². The van der Waals surface area contributed by atoms with Crippen molar-refractivity contribution in [3.8, 4) is 0 Å². The van der Waals surface area contributed by atoms with Crippen molar-refractivity contribution in [2.75, 3.05) is 51.3 Å². The molecule has 0 spiro atoms. The minimum absolute atomic E-state index is 0.0326. The van der Waals surface area contributed by atoms with E-state index in [1.165, 1.54) is 12.7 Å². The maximum absolute atomic E-state index is 12.8. The summed E-state index contributed by atoms with van der Waals surface area (Å²) in [5.41, 5.74) is 0.490. The van der Waals surface area contributed by atoms with E-state index in [9.17, 15) is 4.79 Å². The molecule has 3 rings (SSSR count). The van der Waals surface area contributed by atoms with E-state index < -0.39 is 0 Å². The molecule has 1 aromatic heterocycles. The van der Waals surface area contributed by atoms with Crippen molar-refractivity contribution < 1.29 is 9.53 Å². The number of hydrogen-bond donors (Lipinski definition) is 1. The summed E-state index contributed by atoms with van der Waals surface area (Å²) >= 11 is 0. The Morgan fingerprint density at radius 3 is 2.92 bits per heavy atom. The summed E-state index contributed by atoms with van der Waals surface area (Å²) in [6.07, 6.45) is 5.87. The van der Waals surface area contributed by atoms with Crippen LogP contribution in [0.15, 0.2) is 12.4 Å². The Balaban J connectivity index is 1.55. The third-order valence-corrected chi connectivity index (χ3v) is 5.08. The standard InChI is InChI=1S/C18H29N5O2/c1-2-15-5-3-4-7-23(15)18(24)16-13-17(21-14-20-16)19-6-8-22-9-11-25-12-10-22/h13-15H,2-12H2,1H3,(H,19,20,21). The average molecular weight is 347 g/mol. The van der Waals surface area contributed by atoms with Gasteiger partial charge in [0.05, 0.1) is 13.2 Å². The van der Waals surface area contributed by atoms with Gasteiger partial charge in [0, 0.05) is 44.8 Å². The van der Waals surface area contributed by atoms with Gasteiger partial charge < -0.3 is 15.0 Å². The Labute approximate surface area is 149 Å². The Kier molecular flexibility index (Phi) is 6.58. The molecule has 7 heteroatoms. The molecule has 0 aliphatic carbocycles. The Morgan fingerprint density at radius 1 is 1.28 bits per heavy atom. The van der Waals surface area contributed by atoms with Crippen molar-refractivity contribution in [2.45, 2.75) is 38.6 Å². The first-order valence-corrected chi connectivity index (χ1v) is 9.45. The number of carbonyl (C=O) groups is 1. The van der Waals surface area contributed by atoms with Gasteiger partial charge in [0.2, 0.25) is 0 Å². The summed E-state index contributed by atoms with van der Waals surface area (Å²) in [5, 5.41) is 3.31. The van der Waals surface area contributed by atoms with E-state index in [-0.39, 0.29) is 5.91 Å². The van der Waals surface area contributed by atoms with Crippen LogP contribution in [0.3, 0.4) is 0 Å². The van der Waals surface area contributed by atoms with Crippen LogP contribution >= 0.6 is 0 Å². The van der Waals surface area contributed by atoms with Crippen molar-refractivity contribution in [3.05, 3.63) is 18.1 Å². The monoisotopic (exact) mass is 347 g/mol. The van der Waals surface area contributed by atoms with Crippen LogP contribution in [0.25, 0.3) is 0 Å². The van der Waals surface area contributed by atoms with Gasteiger partial charge in [0.25, 0.3) is 5.91 Å². The fourth-order valence-electron chi connectivity index (χ4n) is 3.58. The lowest BCUT2D eigenvalue weighted by Gasteiger charge is -2.35. The highest BCUT2D eigenvalue weighted by molar-refractivity contribution is 5.93. The normalized spacial score (nSPS) is 22.0. The number of anilines is 1. The summed E-state index contributed by atoms with van der Waals surface area (Å²) in [7, 11) is 0. The van der Waals surface area contributed by atoms with Crippen LogP contribution in [0.4, 0.5) is 5.82 Å². The number of nitrogens with zero attached hydrogens (tertiary/aromatic N) is 4. The molecule has 7 nitrogen and oxygen atoms in total. The van der Waals surface area contributed by atoms with E-state index in [1.54, 1.807) is 6.07 Å². The first kappa shape index (κ1) is 18.1. The molecule has 0 saturated carbocycles. The summed E-state index contributed by atoms with van der Waals surface area (Å²) in [6.45, 7) is 8.29. The molecule has 1 aromatic rings. The molecule has 0 aromatic carbocycles. The molecule has 1 amide bonds. The molecule has 138 valence electrons.